The third-order valence-corrected chi connectivity index (χ3v) is 4.19. The van der Waals surface area contributed by atoms with E-state index in [-0.39, 0.29) is 6.61 Å². The molecule has 0 bridgehead atoms. The van der Waals surface area contributed by atoms with Gasteiger partial charge in [-0.1, -0.05) is 0 Å². The van der Waals surface area contributed by atoms with E-state index < -0.39 is 0 Å². The van der Waals surface area contributed by atoms with E-state index >= 15 is 0 Å². The van der Waals surface area contributed by atoms with E-state index in [1.165, 1.54) is 5.56 Å². The van der Waals surface area contributed by atoms with Crippen molar-refractivity contribution in [3.63, 3.8) is 0 Å². The molecule has 96 valence electrons. The molecule has 2 aromatic rings. The number of aliphatic hydroxyl groups excluding tert-OH is 1. The van der Waals surface area contributed by atoms with Crippen molar-refractivity contribution in [1.29, 1.82) is 0 Å². The molecule has 0 spiro atoms. The van der Waals surface area contributed by atoms with Gasteiger partial charge in [-0.15, -0.1) is 11.3 Å². The molecule has 1 aromatic heterocycles. The number of thiazole rings is 1. The molecule has 1 aromatic carbocycles. The lowest BCUT2D eigenvalue weighted by molar-refractivity contribution is 0.300. The summed E-state index contributed by atoms with van der Waals surface area (Å²) in [4.78, 5) is 5.54. The Morgan fingerprint density at radius 2 is 2.06 bits per heavy atom. The minimum Gasteiger partial charge on any atom is -0.496 e. The normalized spacial score (nSPS) is 10.7. The Balaban J connectivity index is 2.41. The van der Waals surface area contributed by atoms with Gasteiger partial charge in [-0.2, -0.15) is 0 Å². The predicted molar refractivity (Wildman–Crippen MR) is 74.4 cm³/mol. The van der Waals surface area contributed by atoms with Crippen molar-refractivity contribution in [2.45, 2.75) is 20.3 Å². The first kappa shape index (κ1) is 13.1. The lowest BCUT2D eigenvalue weighted by Crippen LogP contribution is -1.92. The Labute approximate surface area is 111 Å². The highest BCUT2D eigenvalue weighted by atomic mass is 32.1. The number of hydrogen-bond acceptors (Lipinski definition) is 4. The van der Waals surface area contributed by atoms with Gasteiger partial charge in [0, 0.05) is 29.7 Å². The molecule has 0 aliphatic heterocycles. The molecule has 0 saturated heterocycles. The molecule has 0 aliphatic carbocycles. The van der Waals surface area contributed by atoms with Crippen LogP contribution in [0.3, 0.4) is 0 Å². The molecule has 1 heterocycles. The van der Waals surface area contributed by atoms with E-state index in [1.54, 1.807) is 18.4 Å². The van der Waals surface area contributed by atoms with Gasteiger partial charge in [0.2, 0.25) is 0 Å². The summed E-state index contributed by atoms with van der Waals surface area (Å²) in [6, 6.07) is 4.02. The first-order chi connectivity index (χ1) is 8.67. The Morgan fingerprint density at radius 3 is 2.72 bits per heavy atom. The lowest BCUT2D eigenvalue weighted by Gasteiger charge is -2.10. The van der Waals surface area contributed by atoms with Crippen molar-refractivity contribution in [3.05, 3.63) is 34.3 Å². The fourth-order valence-corrected chi connectivity index (χ4v) is 2.89. The SMILES string of the molecule is COc1ccc(-c2ncc(CCO)s2)c(C)c1C. The average molecular weight is 263 g/mol. The average Bonchev–Trinajstić information content (AvgIpc) is 2.81. The van der Waals surface area contributed by atoms with Gasteiger partial charge in [0.15, 0.2) is 0 Å². The zero-order chi connectivity index (χ0) is 13.1. The summed E-state index contributed by atoms with van der Waals surface area (Å²) in [5.74, 6) is 0.906. The first-order valence-corrected chi connectivity index (χ1v) is 6.69. The van der Waals surface area contributed by atoms with Crippen molar-refractivity contribution in [3.8, 4) is 16.3 Å². The number of methoxy groups -OCH3 is 1. The molecule has 0 atom stereocenters. The van der Waals surface area contributed by atoms with E-state index in [0.717, 1.165) is 26.8 Å². The molecule has 3 nitrogen and oxygen atoms in total. The molecule has 1 N–H and O–H groups in total. The van der Waals surface area contributed by atoms with Crippen LogP contribution in [0.25, 0.3) is 10.6 Å². The van der Waals surface area contributed by atoms with E-state index in [9.17, 15) is 0 Å². The fraction of sp³-hybridized carbons (Fsp3) is 0.357. The summed E-state index contributed by atoms with van der Waals surface area (Å²) in [5, 5.41) is 9.93. The number of nitrogens with zero attached hydrogens (tertiary/aromatic N) is 1. The summed E-state index contributed by atoms with van der Waals surface area (Å²) in [6.45, 7) is 4.31. The van der Waals surface area contributed by atoms with Crippen LogP contribution in [-0.4, -0.2) is 23.8 Å². The molecule has 0 aliphatic rings. The number of rotatable bonds is 4. The highest BCUT2D eigenvalue weighted by Gasteiger charge is 2.11. The van der Waals surface area contributed by atoms with Crippen LogP contribution in [0.15, 0.2) is 18.3 Å². The third-order valence-electron chi connectivity index (χ3n) is 3.10. The summed E-state index contributed by atoms with van der Waals surface area (Å²) in [5.41, 5.74) is 3.48. The summed E-state index contributed by atoms with van der Waals surface area (Å²) >= 11 is 1.63. The van der Waals surface area contributed by atoms with Crippen LogP contribution in [0.5, 0.6) is 5.75 Å². The van der Waals surface area contributed by atoms with Crippen LogP contribution in [0.4, 0.5) is 0 Å². The molecule has 4 heteroatoms. The van der Waals surface area contributed by atoms with Gasteiger partial charge < -0.3 is 9.84 Å². The fourth-order valence-electron chi connectivity index (χ4n) is 1.91. The van der Waals surface area contributed by atoms with Crippen molar-refractivity contribution in [1.82, 2.24) is 4.98 Å². The number of hydrogen-bond donors (Lipinski definition) is 1. The maximum absolute atomic E-state index is 8.93. The minimum absolute atomic E-state index is 0.169. The molecular weight excluding hydrogens is 246 g/mol. The summed E-state index contributed by atoms with van der Waals surface area (Å²) in [6.07, 6.45) is 2.51. The van der Waals surface area contributed by atoms with Crippen molar-refractivity contribution >= 4 is 11.3 Å². The highest BCUT2D eigenvalue weighted by Crippen LogP contribution is 2.33. The van der Waals surface area contributed by atoms with E-state index in [0.29, 0.717) is 6.42 Å². The van der Waals surface area contributed by atoms with Crippen molar-refractivity contribution in [2.75, 3.05) is 13.7 Å². The van der Waals surface area contributed by atoms with Crippen molar-refractivity contribution < 1.29 is 9.84 Å². The number of aromatic nitrogens is 1. The molecule has 0 fully saturated rings. The Bertz CT molecular complexity index is 549. The predicted octanol–water partition coefficient (Wildman–Crippen LogP) is 2.97. The molecule has 2 rings (SSSR count). The molecule has 0 radical (unpaired) electrons. The lowest BCUT2D eigenvalue weighted by atomic mass is 10.0. The second-order valence-corrected chi connectivity index (χ2v) is 5.29. The van der Waals surface area contributed by atoms with Crippen LogP contribution in [0, 0.1) is 13.8 Å². The highest BCUT2D eigenvalue weighted by molar-refractivity contribution is 7.15. The quantitative estimate of drug-likeness (QED) is 0.922. The van der Waals surface area contributed by atoms with Gasteiger partial charge in [0.05, 0.1) is 7.11 Å². The van der Waals surface area contributed by atoms with Gasteiger partial charge >= 0.3 is 0 Å². The zero-order valence-electron chi connectivity index (χ0n) is 10.9. The topological polar surface area (TPSA) is 42.4 Å². The van der Waals surface area contributed by atoms with Gasteiger partial charge in [-0.3, -0.25) is 0 Å². The third kappa shape index (κ3) is 2.40. The number of aliphatic hydroxyl groups is 1. The Morgan fingerprint density at radius 1 is 1.28 bits per heavy atom. The molecule has 0 saturated carbocycles. The minimum atomic E-state index is 0.169. The van der Waals surface area contributed by atoms with Gasteiger partial charge in [0.1, 0.15) is 10.8 Å². The van der Waals surface area contributed by atoms with Crippen LogP contribution < -0.4 is 4.74 Å². The van der Waals surface area contributed by atoms with Crippen LogP contribution in [0.2, 0.25) is 0 Å². The van der Waals surface area contributed by atoms with Crippen LogP contribution in [-0.2, 0) is 6.42 Å². The Kier molecular flexibility index (Phi) is 3.99. The van der Waals surface area contributed by atoms with E-state index in [1.807, 2.05) is 18.3 Å². The van der Waals surface area contributed by atoms with Gasteiger partial charge in [-0.25, -0.2) is 4.98 Å². The first-order valence-electron chi connectivity index (χ1n) is 5.87. The van der Waals surface area contributed by atoms with Crippen LogP contribution >= 0.6 is 11.3 Å². The standard InChI is InChI=1S/C14H17NO2S/c1-9-10(2)13(17-3)5-4-12(9)14-15-8-11(18-14)6-7-16/h4-5,8,16H,6-7H2,1-3H3. The summed E-state index contributed by atoms with van der Waals surface area (Å²) < 4.78 is 5.31. The number of benzene rings is 1. The molecule has 18 heavy (non-hydrogen) atoms. The smallest absolute Gasteiger partial charge is 0.123 e. The van der Waals surface area contributed by atoms with Gasteiger partial charge in [0.25, 0.3) is 0 Å². The number of ether oxygens (including phenoxy) is 1. The van der Waals surface area contributed by atoms with E-state index in [4.69, 9.17) is 9.84 Å². The van der Waals surface area contributed by atoms with E-state index in [2.05, 4.69) is 18.8 Å². The van der Waals surface area contributed by atoms with Crippen molar-refractivity contribution in [2.24, 2.45) is 0 Å². The zero-order valence-corrected chi connectivity index (χ0v) is 11.7. The maximum Gasteiger partial charge on any atom is 0.123 e. The van der Waals surface area contributed by atoms with Gasteiger partial charge in [-0.05, 0) is 37.1 Å². The molecule has 0 unspecified atom stereocenters. The molecule has 0 amide bonds. The monoisotopic (exact) mass is 263 g/mol. The second-order valence-electron chi connectivity index (χ2n) is 4.17. The second kappa shape index (κ2) is 5.50. The maximum atomic E-state index is 8.93. The molecular formula is C14H17NO2S. The van der Waals surface area contributed by atoms with Crippen LogP contribution in [0.1, 0.15) is 16.0 Å². The largest absolute Gasteiger partial charge is 0.496 e. The Hall–Kier alpha value is -1.39. The summed E-state index contributed by atoms with van der Waals surface area (Å²) in [7, 11) is 1.68.